The van der Waals surface area contributed by atoms with Gasteiger partial charge < -0.3 is 24.8 Å². The summed E-state index contributed by atoms with van der Waals surface area (Å²) in [6.45, 7) is 4.05. The van der Waals surface area contributed by atoms with Gasteiger partial charge in [0.2, 0.25) is 5.75 Å². The largest absolute Gasteiger partial charge is 0.493 e. The summed E-state index contributed by atoms with van der Waals surface area (Å²) in [4.78, 5) is 25.0. The van der Waals surface area contributed by atoms with Gasteiger partial charge in [-0.05, 0) is 29.5 Å². The molecule has 2 aliphatic rings. The third kappa shape index (κ3) is 3.09. The van der Waals surface area contributed by atoms with Gasteiger partial charge in [0.1, 0.15) is 0 Å². The predicted molar refractivity (Wildman–Crippen MR) is 95.6 cm³/mol. The van der Waals surface area contributed by atoms with E-state index in [4.69, 9.17) is 14.2 Å². The van der Waals surface area contributed by atoms with Crippen LogP contribution in [0.4, 0.5) is 4.79 Å². The van der Waals surface area contributed by atoms with Gasteiger partial charge in [0.25, 0.3) is 0 Å². The summed E-state index contributed by atoms with van der Waals surface area (Å²) in [5, 5.41) is 5.65. The van der Waals surface area contributed by atoms with E-state index in [0.717, 1.165) is 0 Å². The van der Waals surface area contributed by atoms with E-state index < -0.39 is 6.04 Å². The Bertz CT molecular complexity index is 772. The maximum atomic E-state index is 12.8. The maximum Gasteiger partial charge on any atom is 0.319 e. The van der Waals surface area contributed by atoms with Crippen molar-refractivity contribution in [2.45, 2.75) is 32.7 Å². The van der Waals surface area contributed by atoms with Crippen LogP contribution in [-0.4, -0.2) is 33.1 Å². The second-order valence-electron chi connectivity index (χ2n) is 7.32. The molecule has 0 fully saturated rings. The van der Waals surface area contributed by atoms with E-state index in [1.807, 2.05) is 13.8 Å². The molecule has 26 heavy (non-hydrogen) atoms. The van der Waals surface area contributed by atoms with Crippen molar-refractivity contribution in [1.29, 1.82) is 0 Å². The van der Waals surface area contributed by atoms with Crippen LogP contribution in [0.1, 0.15) is 38.3 Å². The molecular formula is C19H24N2O5. The van der Waals surface area contributed by atoms with E-state index in [9.17, 15) is 9.59 Å². The Labute approximate surface area is 152 Å². The minimum atomic E-state index is -0.559. The number of nitrogens with one attached hydrogen (secondary N) is 2. The van der Waals surface area contributed by atoms with Gasteiger partial charge in [-0.15, -0.1) is 0 Å². The Hall–Kier alpha value is -2.70. The molecule has 0 saturated heterocycles. The van der Waals surface area contributed by atoms with Gasteiger partial charge in [-0.1, -0.05) is 13.8 Å². The number of hydrogen-bond acceptors (Lipinski definition) is 5. The van der Waals surface area contributed by atoms with E-state index >= 15 is 0 Å². The minimum Gasteiger partial charge on any atom is -0.493 e. The lowest BCUT2D eigenvalue weighted by Gasteiger charge is -2.38. The number of Topliss-reactive ketones (excluding diaryl/α,β-unsaturated/α-hetero) is 1. The minimum absolute atomic E-state index is 0.0301. The van der Waals surface area contributed by atoms with E-state index in [1.54, 1.807) is 12.1 Å². The van der Waals surface area contributed by atoms with Gasteiger partial charge in [0.05, 0.1) is 27.4 Å². The first-order valence-electron chi connectivity index (χ1n) is 8.43. The van der Waals surface area contributed by atoms with E-state index in [-0.39, 0.29) is 17.2 Å². The number of hydrogen-bond donors (Lipinski definition) is 2. The highest BCUT2D eigenvalue weighted by Crippen LogP contribution is 2.45. The molecule has 0 aromatic heterocycles. The average molecular weight is 360 g/mol. The fourth-order valence-corrected chi connectivity index (χ4v) is 3.68. The molecular weight excluding hydrogens is 336 g/mol. The van der Waals surface area contributed by atoms with Gasteiger partial charge in [-0.25, -0.2) is 4.79 Å². The van der Waals surface area contributed by atoms with Gasteiger partial charge in [-0.2, -0.15) is 0 Å². The van der Waals surface area contributed by atoms with Crippen molar-refractivity contribution in [3.8, 4) is 17.2 Å². The van der Waals surface area contributed by atoms with Crippen molar-refractivity contribution < 1.29 is 23.8 Å². The second kappa shape index (κ2) is 6.55. The molecule has 3 rings (SSSR count). The number of allylic oxidation sites excluding steroid dienone is 1. The Morgan fingerprint density at radius 1 is 1.00 bits per heavy atom. The number of ketones is 1. The quantitative estimate of drug-likeness (QED) is 0.862. The summed E-state index contributed by atoms with van der Waals surface area (Å²) in [7, 11) is 4.59. The molecule has 1 aliphatic heterocycles. The van der Waals surface area contributed by atoms with Crippen molar-refractivity contribution in [2.75, 3.05) is 21.3 Å². The molecule has 0 bridgehead atoms. The number of carbonyl (C=O) groups is 2. The Morgan fingerprint density at radius 2 is 1.62 bits per heavy atom. The third-order valence-corrected chi connectivity index (χ3v) is 4.77. The summed E-state index contributed by atoms with van der Waals surface area (Å²) in [6.07, 6.45) is 1.08. The summed E-state index contributed by atoms with van der Waals surface area (Å²) >= 11 is 0. The summed E-state index contributed by atoms with van der Waals surface area (Å²) in [5.74, 6) is 1.44. The summed E-state index contributed by atoms with van der Waals surface area (Å²) in [6, 6.07) is 2.63. The normalized spacial score (nSPS) is 21.5. The van der Waals surface area contributed by atoms with Gasteiger partial charge >= 0.3 is 6.03 Å². The zero-order valence-electron chi connectivity index (χ0n) is 15.7. The van der Waals surface area contributed by atoms with Crippen molar-refractivity contribution >= 4 is 11.8 Å². The molecule has 140 valence electrons. The molecule has 0 unspecified atom stereocenters. The van der Waals surface area contributed by atoms with Crippen molar-refractivity contribution in [3.05, 3.63) is 29.0 Å². The van der Waals surface area contributed by atoms with Crippen LogP contribution in [-0.2, 0) is 4.79 Å². The molecule has 7 nitrogen and oxygen atoms in total. The fraction of sp³-hybridized carbons (Fsp3) is 0.474. The van der Waals surface area contributed by atoms with Crippen LogP contribution in [0.2, 0.25) is 0 Å². The highest BCUT2D eigenvalue weighted by Gasteiger charge is 2.40. The lowest BCUT2D eigenvalue weighted by atomic mass is 9.73. The van der Waals surface area contributed by atoms with Crippen LogP contribution in [0.15, 0.2) is 23.4 Å². The first-order chi connectivity index (χ1) is 12.3. The molecule has 1 heterocycles. The van der Waals surface area contributed by atoms with Crippen LogP contribution in [0, 0.1) is 5.41 Å². The maximum absolute atomic E-state index is 12.8. The second-order valence-corrected chi connectivity index (χ2v) is 7.32. The highest BCUT2D eigenvalue weighted by molar-refractivity contribution is 6.01. The summed E-state index contributed by atoms with van der Waals surface area (Å²) < 4.78 is 16.1. The van der Waals surface area contributed by atoms with Crippen LogP contribution in [0.3, 0.4) is 0 Å². The molecule has 2 amide bonds. The van der Waals surface area contributed by atoms with E-state index in [0.29, 0.717) is 46.9 Å². The molecule has 0 saturated carbocycles. The van der Waals surface area contributed by atoms with Gasteiger partial charge in [0.15, 0.2) is 17.3 Å². The standard InChI is InChI=1S/C19H24N2O5/c1-19(2)8-11-15(12(22)9-19)16(21-18(23)20-11)10-6-13(24-3)17(26-5)14(7-10)25-4/h6-7,16H,8-9H2,1-5H3,(H2,20,21,23)/t16-/m1/s1. The number of methoxy groups -OCH3 is 3. The highest BCUT2D eigenvalue weighted by atomic mass is 16.5. The number of carbonyl (C=O) groups excluding carboxylic acids is 2. The van der Waals surface area contributed by atoms with Gasteiger partial charge in [-0.3, -0.25) is 4.79 Å². The van der Waals surface area contributed by atoms with Crippen LogP contribution < -0.4 is 24.8 Å². The number of ether oxygens (including phenoxy) is 3. The smallest absolute Gasteiger partial charge is 0.319 e. The zero-order chi connectivity index (χ0) is 19.1. The van der Waals surface area contributed by atoms with Crippen LogP contribution in [0.25, 0.3) is 0 Å². The molecule has 2 N–H and O–H groups in total. The number of rotatable bonds is 4. The number of urea groups is 1. The first kappa shape index (κ1) is 18.1. The Balaban J connectivity index is 2.13. The van der Waals surface area contributed by atoms with E-state index in [2.05, 4.69) is 10.6 Å². The van der Waals surface area contributed by atoms with Crippen molar-refractivity contribution in [2.24, 2.45) is 5.41 Å². The molecule has 1 aromatic rings. The molecule has 1 aliphatic carbocycles. The topological polar surface area (TPSA) is 85.9 Å². The first-order valence-corrected chi connectivity index (χ1v) is 8.43. The molecule has 1 aromatic carbocycles. The van der Waals surface area contributed by atoms with E-state index in [1.165, 1.54) is 21.3 Å². The SMILES string of the molecule is COc1cc([C@H]2NC(=O)NC3=C2C(=O)CC(C)(C)C3)cc(OC)c1OC. The monoisotopic (exact) mass is 360 g/mol. The average Bonchev–Trinajstić information content (AvgIpc) is 2.57. The lowest BCUT2D eigenvalue weighted by molar-refractivity contribution is -0.118. The summed E-state index contributed by atoms with van der Waals surface area (Å²) in [5.41, 5.74) is 1.81. The van der Waals surface area contributed by atoms with Gasteiger partial charge in [0, 0.05) is 17.7 Å². The van der Waals surface area contributed by atoms with Crippen LogP contribution in [0.5, 0.6) is 17.2 Å². The van der Waals surface area contributed by atoms with Crippen molar-refractivity contribution in [3.63, 3.8) is 0 Å². The molecule has 1 atom stereocenters. The number of benzene rings is 1. The molecule has 0 spiro atoms. The third-order valence-electron chi connectivity index (χ3n) is 4.77. The zero-order valence-corrected chi connectivity index (χ0v) is 15.7. The molecule has 0 radical (unpaired) electrons. The lowest BCUT2D eigenvalue weighted by Crippen LogP contribution is -2.48. The Morgan fingerprint density at radius 3 is 2.15 bits per heavy atom. The van der Waals surface area contributed by atoms with Crippen molar-refractivity contribution in [1.82, 2.24) is 10.6 Å². The van der Waals surface area contributed by atoms with Crippen LogP contribution >= 0.6 is 0 Å². The predicted octanol–water partition coefficient (Wildman–Crippen LogP) is 2.71. The number of amides is 2. The Kier molecular flexibility index (Phi) is 4.56. The fourth-order valence-electron chi connectivity index (χ4n) is 3.68. The molecule has 7 heteroatoms.